The number of nitrogens with zero attached hydrogens (tertiary/aromatic N) is 6. The number of ether oxygens (including phenoxy) is 1. The third-order valence-corrected chi connectivity index (χ3v) is 7.59. The summed E-state index contributed by atoms with van der Waals surface area (Å²) in [5, 5.41) is 2.73. The molecule has 1 atom stereocenters. The number of carbonyl (C=O) groups is 1. The van der Waals surface area contributed by atoms with E-state index in [4.69, 9.17) is 4.74 Å². The van der Waals surface area contributed by atoms with Crippen molar-refractivity contribution >= 4 is 23.2 Å². The number of rotatable bonds is 6. The summed E-state index contributed by atoms with van der Waals surface area (Å²) < 4.78 is 49.8. The van der Waals surface area contributed by atoms with E-state index >= 15 is 4.39 Å². The Bertz CT molecular complexity index is 1490. The van der Waals surface area contributed by atoms with Crippen LogP contribution in [0.25, 0.3) is 11.3 Å². The topological polar surface area (TPSA) is 95.8 Å². The van der Waals surface area contributed by atoms with E-state index in [0.717, 1.165) is 16.8 Å². The lowest BCUT2D eigenvalue weighted by molar-refractivity contribution is 0.101. The quantitative estimate of drug-likeness (QED) is 0.482. The number of aryl methyl sites for hydroxylation is 1. The largest absolute Gasteiger partial charge is 0.378 e. The standard InChI is InChI=1S/C28H32F3N7O3/c1-17-15-38(7-6-35(17)2)24-14-21(29)19(22-4-5-32-28(34-22)37-8-10-41-11-9-37)12-23(24)33-27(40)20-16-36(3)25(39)13-18(20)26(30)31/h4-5,12-14,16-17,26H,6-11,15H2,1-3H3,(H,33,40)/t17-/m1/s1. The second-order valence-corrected chi connectivity index (χ2v) is 10.3. The summed E-state index contributed by atoms with van der Waals surface area (Å²) in [6.45, 7) is 6.14. The zero-order valence-electron chi connectivity index (χ0n) is 23.1. The highest BCUT2D eigenvalue weighted by atomic mass is 19.3. The number of halogens is 3. The van der Waals surface area contributed by atoms with Crippen molar-refractivity contribution in [1.29, 1.82) is 0 Å². The number of aromatic nitrogens is 3. The average Bonchev–Trinajstić information content (AvgIpc) is 2.96. The molecule has 0 saturated carbocycles. The fraction of sp³-hybridized carbons (Fsp3) is 0.429. The van der Waals surface area contributed by atoms with Gasteiger partial charge in [-0.1, -0.05) is 0 Å². The van der Waals surface area contributed by atoms with Gasteiger partial charge in [0.05, 0.1) is 35.8 Å². The number of hydrogen-bond acceptors (Lipinski definition) is 8. The van der Waals surface area contributed by atoms with Crippen LogP contribution in [0, 0.1) is 5.82 Å². The maximum atomic E-state index is 15.8. The fourth-order valence-corrected chi connectivity index (χ4v) is 5.01. The third-order valence-electron chi connectivity index (χ3n) is 7.59. The second-order valence-electron chi connectivity index (χ2n) is 10.3. The molecule has 2 saturated heterocycles. The van der Waals surface area contributed by atoms with Crippen LogP contribution < -0.4 is 20.7 Å². The summed E-state index contributed by atoms with van der Waals surface area (Å²) in [6.07, 6.45) is -0.411. The van der Waals surface area contributed by atoms with Gasteiger partial charge < -0.3 is 29.3 Å². The molecule has 41 heavy (non-hydrogen) atoms. The van der Waals surface area contributed by atoms with Gasteiger partial charge in [-0.3, -0.25) is 9.59 Å². The van der Waals surface area contributed by atoms with Crippen LogP contribution >= 0.6 is 0 Å². The predicted octanol–water partition coefficient (Wildman–Crippen LogP) is 3.15. The first-order valence-corrected chi connectivity index (χ1v) is 13.4. The molecular weight excluding hydrogens is 539 g/mol. The van der Waals surface area contributed by atoms with Crippen LogP contribution in [-0.2, 0) is 11.8 Å². The Kier molecular flexibility index (Phi) is 8.27. The normalized spacial score (nSPS) is 18.2. The molecule has 3 aromatic rings. The minimum absolute atomic E-state index is 0.123. The number of hydrogen-bond donors (Lipinski definition) is 1. The summed E-state index contributed by atoms with van der Waals surface area (Å²) in [4.78, 5) is 40.4. The molecule has 1 N–H and O–H groups in total. The van der Waals surface area contributed by atoms with E-state index in [1.165, 1.54) is 19.2 Å². The van der Waals surface area contributed by atoms with E-state index in [1.54, 1.807) is 12.3 Å². The first-order chi connectivity index (χ1) is 19.6. The van der Waals surface area contributed by atoms with Crippen LogP contribution in [0.15, 0.2) is 41.5 Å². The highest BCUT2D eigenvalue weighted by Crippen LogP contribution is 2.36. The molecule has 5 rings (SSSR count). The molecule has 2 aliphatic heterocycles. The fourth-order valence-electron chi connectivity index (χ4n) is 5.01. The van der Waals surface area contributed by atoms with Gasteiger partial charge in [-0.15, -0.1) is 0 Å². The lowest BCUT2D eigenvalue weighted by Gasteiger charge is -2.39. The minimum atomic E-state index is -3.04. The van der Waals surface area contributed by atoms with Gasteiger partial charge in [0.25, 0.3) is 17.9 Å². The molecule has 2 aliphatic rings. The number of amides is 1. The number of anilines is 3. The van der Waals surface area contributed by atoms with Crippen molar-refractivity contribution in [3.05, 3.63) is 64.0 Å². The number of piperazine rings is 1. The Hall–Kier alpha value is -3.97. The lowest BCUT2D eigenvalue weighted by Crippen LogP contribution is -2.50. The predicted molar refractivity (Wildman–Crippen MR) is 149 cm³/mol. The van der Waals surface area contributed by atoms with E-state index < -0.39 is 29.3 Å². The zero-order valence-corrected chi connectivity index (χ0v) is 23.1. The van der Waals surface area contributed by atoms with Crippen LogP contribution in [0.4, 0.5) is 30.5 Å². The molecule has 218 valence electrons. The van der Waals surface area contributed by atoms with E-state index in [0.29, 0.717) is 63.3 Å². The van der Waals surface area contributed by atoms with Crippen LogP contribution in [-0.4, -0.2) is 84.4 Å². The summed E-state index contributed by atoms with van der Waals surface area (Å²) >= 11 is 0. The maximum Gasteiger partial charge on any atom is 0.264 e. The van der Waals surface area contributed by atoms with Crippen LogP contribution in [0.3, 0.4) is 0 Å². The monoisotopic (exact) mass is 571 g/mol. The van der Waals surface area contributed by atoms with Gasteiger partial charge in [0.2, 0.25) is 5.95 Å². The van der Waals surface area contributed by atoms with Gasteiger partial charge in [0, 0.05) is 75.4 Å². The second kappa shape index (κ2) is 11.9. The number of benzene rings is 1. The molecule has 10 nitrogen and oxygen atoms in total. The average molecular weight is 572 g/mol. The van der Waals surface area contributed by atoms with Crippen LogP contribution in [0.1, 0.15) is 29.3 Å². The van der Waals surface area contributed by atoms with Crippen molar-refractivity contribution in [3.63, 3.8) is 0 Å². The van der Waals surface area contributed by atoms with E-state index in [1.807, 2.05) is 23.8 Å². The van der Waals surface area contributed by atoms with Crippen molar-refractivity contribution in [2.45, 2.75) is 19.4 Å². The molecule has 1 aromatic carbocycles. The highest BCUT2D eigenvalue weighted by molar-refractivity contribution is 6.07. The molecule has 0 radical (unpaired) electrons. The minimum Gasteiger partial charge on any atom is -0.378 e. The highest BCUT2D eigenvalue weighted by Gasteiger charge is 2.27. The number of carbonyl (C=O) groups excluding carboxylic acids is 1. The number of nitrogens with one attached hydrogen (secondary N) is 1. The summed E-state index contributed by atoms with van der Waals surface area (Å²) in [7, 11) is 3.38. The number of pyridine rings is 1. The Morgan fingerprint density at radius 1 is 1.10 bits per heavy atom. The summed E-state index contributed by atoms with van der Waals surface area (Å²) in [6, 6.07) is 5.30. The molecule has 2 aromatic heterocycles. The van der Waals surface area contributed by atoms with Gasteiger partial charge >= 0.3 is 0 Å². The van der Waals surface area contributed by atoms with Gasteiger partial charge in [0.1, 0.15) is 5.82 Å². The molecular formula is C28H32F3N7O3. The van der Waals surface area contributed by atoms with Gasteiger partial charge in [0.15, 0.2) is 0 Å². The van der Waals surface area contributed by atoms with E-state index in [-0.39, 0.29) is 22.9 Å². The van der Waals surface area contributed by atoms with Crippen molar-refractivity contribution in [1.82, 2.24) is 19.4 Å². The smallest absolute Gasteiger partial charge is 0.264 e. The molecule has 13 heteroatoms. The Morgan fingerprint density at radius 2 is 1.85 bits per heavy atom. The van der Waals surface area contributed by atoms with Crippen LogP contribution in [0.5, 0.6) is 0 Å². The van der Waals surface area contributed by atoms with Crippen molar-refractivity contribution in [2.24, 2.45) is 7.05 Å². The Morgan fingerprint density at radius 3 is 2.56 bits per heavy atom. The van der Waals surface area contributed by atoms with Crippen molar-refractivity contribution in [2.75, 3.05) is 68.1 Å². The van der Waals surface area contributed by atoms with Crippen LogP contribution in [0.2, 0.25) is 0 Å². The number of likely N-dealkylation sites (N-methyl/N-ethyl adjacent to an activating group) is 1. The van der Waals surface area contributed by atoms with Crippen molar-refractivity contribution < 1.29 is 22.7 Å². The molecule has 1 amide bonds. The van der Waals surface area contributed by atoms with E-state index in [9.17, 15) is 18.4 Å². The Labute approximate surface area is 235 Å². The van der Waals surface area contributed by atoms with Crippen molar-refractivity contribution in [3.8, 4) is 11.3 Å². The third kappa shape index (κ3) is 6.05. The number of morpholine rings is 1. The molecule has 0 bridgehead atoms. The first kappa shape index (κ1) is 28.6. The zero-order chi connectivity index (χ0) is 29.3. The SMILES string of the molecule is C[C@@H]1CN(c2cc(F)c(-c3ccnc(N4CCOCC4)n3)cc2NC(=O)c2cn(C)c(=O)cc2C(F)F)CCN1C. The molecule has 2 fully saturated rings. The molecule has 0 unspecified atom stereocenters. The molecule has 4 heterocycles. The van der Waals surface area contributed by atoms with Gasteiger partial charge in [-0.2, -0.15) is 0 Å². The lowest BCUT2D eigenvalue weighted by atomic mass is 10.1. The Balaban J connectivity index is 1.57. The molecule has 0 aliphatic carbocycles. The van der Waals surface area contributed by atoms with Gasteiger partial charge in [-0.25, -0.2) is 23.1 Å². The van der Waals surface area contributed by atoms with E-state index in [2.05, 4.69) is 20.2 Å². The molecule has 0 spiro atoms. The summed E-state index contributed by atoms with van der Waals surface area (Å²) in [5.74, 6) is -0.959. The maximum absolute atomic E-state index is 15.8. The summed E-state index contributed by atoms with van der Waals surface area (Å²) in [5.41, 5.74) is -0.584. The first-order valence-electron chi connectivity index (χ1n) is 13.4. The van der Waals surface area contributed by atoms with Gasteiger partial charge in [-0.05, 0) is 32.2 Å². The number of alkyl halides is 2.